The van der Waals surface area contributed by atoms with Crippen molar-refractivity contribution in [1.29, 1.82) is 0 Å². The van der Waals surface area contributed by atoms with Crippen LogP contribution in [0.25, 0.3) is 16.8 Å². The van der Waals surface area contributed by atoms with Crippen LogP contribution in [0.2, 0.25) is 0 Å². The molecule has 1 aliphatic heterocycles. The molecule has 0 unspecified atom stereocenters. The van der Waals surface area contributed by atoms with Crippen molar-refractivity contribution in [3.8, 4) is 17.0 Å². The van der Waals surface area contributed by atoms with Crippen LogP contribution in [0, 0.1) is 0 Å². The molecular weight excluding hydrogens is 495 g/mol. The Labute approximate surface area is 218 Å². The number of alkyl halides is 3. The number of anilines is 2. The molecule has 2 aromatic carbocycles. The van der Waals surface area contributed by atoms with E-state index in [1.165, 1.54) is 12.1 Å². The van der Waals surface area contributed by atoms with Crippen molar-refractivity contribution >= 4 is 22.9 Å². The summed E-state index contributed by atoms with van der Waals surface area (Å²) in [6.45, 7) is 1.05. The minimum absolute atomic E-state index is 0.0926. The summed E-state index contributed by atoms with van der Waals surface area (Å²) in [7, 11) is 3.91. The molecule has 0 bridgehead atoms. The number of nitrogens with zero attached hydrogens (tertiary/aromatic N) is 4. The van der Waals surface area contributed by atoms with Crippen LogP contribution in [0.1, 0.15) is 24.6 Å². The number of piperidine rings is 1. The number of carbonyl (C=O) groups excluding carboxylic acids is 1. The molecule has 1 atom stereocenters. The number of rotatable bonds is 5. The Bertz CT molecular complexity index is 1430. The van der Waals surface area contributed by atoms with Gasteiger partial charge in [-0.25, -0.2) is 9.78 Å². The van der Waals surface area contributed by atoms with E-state index in [0.29, 0.717) is 35.8 Å². The summed E-state index contributed by atoms with van der Waals surface area (Å²) >= 11 is 0. The molecule has 1 aliphatic rings. The first-order chi connectivity index (χ1) is 18.2. The zero-order valence-electron chi connectivity index (χ0n) is 21.1. The number of benzene rings is 2. The van der Waals surface area contributed by atoms with Gasteiger partial charge in [-0.3, -0.25) is 0 Å². The number of amides is 2. The van der Waals surface area contributed by atoms with Crippen LogP contribution < -0.4 is 15.0 Å². The summed E-state index contributed by atoms with van der Waals surface area (Å²) in [6.07, 6.45) is -1.39. The van der Waals surface area contributed by atoms with Crippen molar-refractivity contribution in [2.45, 2.75) is 25.1 Å². The Hall–Kier alpha value is -4.21. The quantitative estimate of drug-likeness (QED) is 0.330. The van der Waals surface area contributed by atoms with Gasteiger partial charge in [-0.05, 0) is 61.4 Å². The number of pyridine rings is 1. The van der Waals surface area contributed by atoms with Crippen LogP contribution in [-0.4, -0.2) is 53.9 Å². The number of ether oxygens (including phenoxy) is 1. The molecule has 0 radical (unpaired) electrons. The maximum Gasteiger partial charge on any atom is 0.573 e. The number of fused-ring (bicyclic) bond motifs is 1. The smallest absolute Gasteiger partial charge is 0.405 e. The summed E-state index contributed by atoms with van der Waals surface area (Å²) in [5, 5.41) is 2.97. The number of nitrogens with one attached hydrogen (secondary N) is 1. The summed E-state index contributed by atoms with van der Waals surface area (Å²) in [5.74, 6) is 0.301. The summed E-state index contributed by atoms with van der Waals surface area (Å²) in [5.41, 5.74) is 3.07. The molecule has 4 aromatic rings. The van der Waals surface area contributed by atoms with Crippen LogP contribution in [-0.2, 0) is 0 Å². The van der Waals surface area contributed by atoms with Gasteiger partial charge in [0.15, 0.2) is 0 Å². The fraction of sp³-hybridized carbons (Fsp3) is 0.286. The van der Waals surface area contributed by atoms with E-state index in [4.69, 9.17) is 4.98 Å². The van der Waals surface area contributed by atoms with Gasteiger partial charge >= 0.3 is 12.4 Å². The Morgan fingerprint density at radius 3 is 2.53 bits per heavy atom. The maximum atomic E-state index is 13.1. The number of carbonyl (C=O) groups is 1. The van der Waals surface area contributed by atoms with Gasteiger partial charge in [0.2, 0.25) is 0 Å². The standard InChI is InChI=1S/C28H28F3N5O2/c1-34(2)21-14-12-20(13-15-21)32-27(37)35-16-7-8-19(18-35)26-33-25(23-10-5-6-17-36(23)26)22-9-3-4-11-24(22)38-28(29,30)31/h3-6,9-15,17,19H,7-8,16,18H2,1-2H3,(H,32,37)/t19-/m1/s1. The van der Waals surface area contributed by atoms with E-state index in [9.17, 15) is 18.0 Å². The topological polar surface area (TPSA) is 62.1 Å². The molecule has 1 fully saturated rings. The van der Waals surface area contributed by atoms with Crippen LogP contribution >= 0.6 is 0 Å². The van der Waals surface area contributed by atoms with E-state index in [-0.39, 0.29) is 23.3 Å². The molecule has 0 saturated carbocycles. The average Bonchev–Trinajstić information content (AvgIpc) is 3.28. The van der Waals surface area contributed by atoms with Crippen molar-refractivity contribution in [2.75, 3.05) is 37.4 Å². The lowest BCUT2D eigenvalue weighted by Crippen LogP contribution is -2.42. The second-order valence-corrected chi connectivity index (χ2v) is 9.48. The third-order valence-corrected chi connectivity index (χ3v) is 6.65. The highest BCUT2D eigenvalue weighted by molar-refractivity contribution is 5.89. The van der Waals surface area contributed by atoms with E-state index < -0.39 is 6.36 Å². The van der Waals surface area contributed by atoms with Crippen LogP contribution in [0.5, 0.6) is 5.75 Å². The highest BCUT2D eigenvalue weighted by Gasteiger charge is 2.33. The largest absolute Gasteiger partial charge is 0.573 e. The number of hydrogen-bond acceptors (Lipinski definition) is 4. The monoisotopic (exact) mass is 523 g/mol. The zero-order valence-corrected chi connectivity index (χ0v) is 21.1. The summed E-state index contributed by atoms with van der Waals surface area (Å²) in [4.78, 5) is 21.7. The Morgan fingerprint density at radius 1 is 1.05 bits per heavy atom. The number of para-hydroxylation sites is 1. The predicted octanol–water partition coefficient (Wildman–Crippen LogP) is 6.38. The lowest BCUT2D eigenvalue weighted by Gasteiger charge is -2.32. The molecule has 2 aromatic heterocycles. The fourth-order valence-corrected chi connectivity index (χ4v) is 4.84. The van der Waals surface area contributed by atoms with Gasteiger partial charge in [0.05, 0.1) is 5.52 Å². The lowest BCUT2D eigenvalue weighted by atomic mass is 9.97. The lowest BCUT2D eigenvalue weighted by molar-refractivity contribution is -0.274. The van der Waals surface area contributed by atoms with Gasteiger partial charge in [-0.1, -0.05) is 18.2 Å². The number of hydrogen-bond donors (Lipinski definition) is 1. The van der Waals surface area contributed by atoms with E-state index in [1.807, 2.05) is 72.1 Å². The van der Waals surface area contributed by atoms with E-state index in [2.05, 4.69) is 10.1 Å². The highest BCUT2D eigenvalue weighted by atomic mass is 19.4. The first kappa shape index (κ1) is 25.4. The predicted molar refractivity (Wildman–Crippen MR) is 141 cm³/mol. The minimum atomic E-state index is -4.82. The SMILES string of the molecule is CN(C)c1ccc(NC(=O)N2CCC[C@@H](c3nc(-c4ccccc4OC(F)(F)F)c4ccccn34)C2)cc1. The van der Waals surface area contributed by atoms with E-state index in [0.717, 1.165) is 18.5 Å². The second kappa shape index (κ2) is 10.3. The normalized spacial score (nSPS) is 15.9. The van der Waals surface area contributed by atoms with Crippen molar-refractivity contribution in [3.63, 3.8) is 0 Å². The molecule has 1 saturated heterocycles. The van der Waals surface area contributed by atoms with Crippen molar-refractivity contribution in [3.05, 3.63) is 78.8 Å². The molecule has 0 aliphatic carbocycles. The van der Waals surface area contributed by atoms with Gasteiger partial charge < -0.3 is 24.3 Å². The number of aromatic nitrogens is 2. The number of urea groups is 1. The zero-order chi connectivity index (χ0) is 26.9. The van der Waals surface area contributed by atoms with Gasteiger partial charge in [0, 0.05) is 56.2 Å². The fourth-order valence-electron chi connectivity index (χ4n) is 4.84. The maximum absolute atomic E-state index is 13.1. The molecule has 7 nitrogen and oxygen atoms in total. The molecular formula is C28H28F3N5O2. The highest BCUT2D eigenvalue weighted by Crippen LogP contribution is 2.38. The van der Waals surface area contributed by atoms with Gasteiger partial charge in [-0.15, -0.1) is 13.2 Å². The first-order valence-electron chi connectivity index (χ1n) is 12.3. The Kier molecular flexibility index (Phi) is 6.88. The van der Waals surface area contributed by atoms with Crippen molar-refractivity contribution < 1.29 is 22.7 Å². The number of imidazole rings is 1. The van der Waals surface area contributed by atoms with Crippen LogP contribution in [0.4, 0.5) is 29.3 Å². The second-order valence-electron chi connectivity index (χ2n) is 9.48. The Morgan fingerprint density at radius 2 is 1.79 bits per heavy atom. The minimum Gasteiger partial charge on any atom is -0.405 e. The van der Waals surface area contributed by atoms with Crippen LogP contribution in [0.15, 0.2) is 72.9 Å². The van der Waals surface area contributed by atoms with Gasteiger partial charge in [-0.2, -0.15) is 0 Å². The van der Waals surface area contributed by atoms with Gasteiger partial charge in [0.25, 0.3) is 0 Å². The summed E-state index contributed by atoms with van der Waals surface area (Å²) in [6, 6.07) is 18.9. The molecule has 5 rings (SSSR count). The molecule has 1 N–H and O–H groups in total. The average molecular weight is 524 g/mol. The third-order valence-electron chi connectivity index (χ3n) is 6.65. The molecule has 10 heteroatoms. The third kappa shape index (κ3) is 5.39. The Balaban J connectivity index is 1.41. The molecule has 198 valence electrons. The van der Waals surface area contributed by atoms with E-state index in [1.54, 1.807) is 17.0 Å². The van der Waals surface area contributed by atoms with Gasteiger partial charge in [0.1, 0.15) is 17.3 Å². The van der Waals surface area contributed by atoms with Crippen molar-refractivity contribution in [1.82, 2.24) is 14.3 Å². The molecule has 2 amide bonds. The van der Waals surface area contributed by atoms with Crippen molar-refractivity contribution in [2.24, 2.45) is 0 Å². The molecule has 0 spiro atoms. The molecule has 3 heterocycles. The van der Waals surface area contributed by atoms with E-state index >= 15 is 0 Å². The first-order valence-corrected chi connectivity index (χ1v) is 12.3. The summed E-state index contributed by atoms with van der Waals surface area (Å²) < 4.78 is 45.4. The number of likely N-dealkylation sites (tertiary alicyclic amines) is 1. The number of halogens is 3. The van der Waals surface area contributed by atoms with Crippen LogP contribution in [0.3, 0.4) is 0 Å². The molecule has 38 heavy (non-hydrogen) atoms.